The molecule has 0 bridgehead atoms. The third kappa shape index (κ3) is 4.02. The number of methoxy groups -OCH3 is 2. The Morgan fingerprint density at radius 2 is 1.50 bits per heavy atom. The van der Waals surface area contributed by atoms with Crippen LogP contribution in [0.3, 0.4) is 0 Å². The molecule has 0 saturated carbocycles. The number of aromatic hydroxyl groups is 2. The van der Waals surface area contributed by atoms with Crippen molar-refractivity contribution in [2.75, 3.05) is 26.2 Å². The zero-order valence-corrected chi connectivity index (χ0v) is 17.2. The summed E-state index contributed by atoms with van der Waals surface area (Å²) in [6.07, 6.45) is 0. The predicted octanol–water partition coefficient (Wildman–Crippen LogP) is 5.22. The van der Waals surface area contributed by atoms with E-state index in [2.05, 4.69) is 15.9 Å². The number of ether oxygens (including phenoxy) is 3. The first-order valence-electron chi connectivity index (χ1n) is 8.65. The first-order valence-corrected chi connectivity index (χ1v) is 9.77. The van der Waals surface area contributed by atoms with Crippen LogP contribution in [0.4, 0.5) is 0 Å². The Balaban J connectivity index is 2.10. The third-order valence-electron chi connectivity index (χ3n) is 4.31. The molecule has 3 aromatic rings. The second-order valence-corrected chi connectivity index (χ2v) is 6.78. The van der Waals surface area contributed by atoms with Gasteiger partial charge in [0, 0.05) is 10.9 Å². The highest BCUT2D eigenvalue weighted by Crippen LogP contribution is 2.49. The van der Waals surface area contributed by atoms with Crippen molar-refractivity contribution in [3.63, 3.8) is 0 Å². The first-order chi connectivity index (χ1) is 13.6. The Hall–Kier alpha value is -2.86. The molecule has 0 saturated heterocycles. The van der Waals surface area contributed by atoms with Crippen molar-refractivity contribution in [3.05, 3.63) is 54.6 Å². The van der Waals surface area contributed by atoms with Gasteiger partial charge in [0.1, 0.15) is 17.2 Å². The molecule has 3 rings (SSSR count). The van der Waals surface area contributed by atoms with E-state index in [1.165, 1.54) is 7.11 Å². The van der Waals surface area contributed by atoms with E-state index in [9.17, 15) is 10.2 Å². The molecule has 0 heterocycles. The van der Waals surface area contributed by atoms with Gasteiger partial charge in [-0.15, -0.1) is 0 Å². The highest BCUT2D eigenvalue weighted by atomic mass is 79.9. The average Bonchev–Trinajstić information content (AvgIpc) is 2.72. The quantitative estimate of drug-likeness (QED) is 0.488. The lowest BCUT2D eigenvalue weighted by Gasteiger charge is -2.18. The third-order valence-corrected chi connectivity index (χ3v) is 4.63. The fourth-order valence-corrected chi connectivity index (χ4v) is 3.16. The molecule has 6 heteroatoms. The molecule has 3 aromatic carbocycles. The standard InChI is InChI=1S/C22H21BrO5/c1-26-19-13-18(14-5-9-17(10-6-14)28-12-11-23)22(27-2)21(25)20(19)15-3-7-16(24)8-4-15/h3-10,13,24-25H,11-12H2,1-2H3. The van der Waals surface area contributed by atoms with Crippen molar-refractivity contribution in [2.45, 2.75) is 0 Å². The summed E-state index contributed by atoms with van der Waals surface area (Å²) in [6.45, 7) is 0.582. The van der Waals surface area contributed by atoms with Crippen LogP contribution in [0.15, 0.2) is 54.6 Å². The molecule has 0 unspecified atom stereocenters. The fraction of sp³-hybridized carbons (Fsp3) is 0.182. The van der Waals surface area contributed by atoms with Crippen LogP contribution in [0.2, 0.25) is 0 Å². The average molecular weight is 445 g/mol. The van der Waals surface area contributed by atoms with Crippen molar-refractivity contribution in [1.82, 2.24) is 0 Å². The molecule has 0 aliphatic carbocycles. The molecule has 0 fully saturated rings. The lowest BCUT2D eigenvalue weighted by atomic mass is 9.96. The Labute approximate surface area is 172 Å². The molecule has 0 atom stereocenters. The molecule has 0 aliphatic rings. The van der Waals surface area contributed by atoms with Crippen LogP contribution in [0, 0.1) is 0 Å². The topological polar surface area (TPSA) is 68.2 Å². The number of hydrogen-bond donors (Lipinski definition) is 2. The van der Waals surface area contributed by atoms with E-state index in [0.29, 0.717) is 34.8 Å². The molecule has 0 spiro atoms. The molecule has 28 heavy (non-hydrogen) atoms. The van der Waals surface area contributed by atoms with Gasteiger partial charge in [0.05, 0.1) is 26.4 Å². The van der Waals surface area contributed by atoms with E-state index >= 15 is 0 Å². The van der Waals surface area contributed by atoms with E-state index in [1.807, 2.05) is 30.3 Å². The minimum atomic E-state index is -0.0258. The summed E-state index contributed by atoms with van der Waals surface area (Å²) in [5.74, 6) is 1.73. The van der Waals surface area contributed by atoms with Crippen LogP contribution in [-0.4, -0.2) is 36.4 Å². The Bertz CT molecular complexity index is 937. The molecular weight excluding hydrogens is 424 g/mol. The largest absolute Gasteiger partial charge is 0.508 e. The molecule has 146 valence electrons. The molecule has 0 aromatic heterocycles. The fourth-order valence-electron chi connectivity index (χ4n) is 3.00. The van der Waals surface area contributed by atoms with Gasteiger partial charge in [0.2, 0.25) is 0 Å². The van der Waals surface area contributed by atoms with E-state index in [0.717, 1.165) is 16.6 Å². The van der Waals surface area contributed by atoms with Gasteiger partial charge in [-0.2, -0.15) is 0 Å². The van der Waals surface area contributed by atoms with E-state index in [-0.39, 0.29) is 11.5 Å². The van der Waals surface area contributed by atoms with Gasteiger partial charge in [-0.05, 0) is 41.5 Å². The molecule has 0 amide bonds. The van der Waals surface area contributed by atoms with Gasteiger partial charge in [-0.3, -0.25) is 0 Å². The maximum atomic E-state index is 10.9. The van der Waals surface area contributed by atoms with Crippen LogP contribution in [0.5, 0.6) is 28.7 Å². The van der Waals surface area contributed by atoms with Crippen molar-refractivity contribution >= 4 is 15.9 Å². The monoisotopic (exact) mass is 444 g/mol. The second-order valence-electron chi connectivity index (χ2n) is 5.99. The van der Waals surface area contributed by atoms with Crippen molar-refractivity contribution < 1.29 is 24.4 Å². The smallest absolute Gasteiger partial charge is 0.170 e. The van der Waals surface area contributed by atoms with Crippen molar-refractivity contribution in [1.29, 1.82) is 0 Å². The minimum absolute atomic E-state index is 0.0258. The summed E-state index contributed by atoms with van der Waals surface area (Å²) in [6, 6.07) is 15.9. The zero-order chi connectivity index (χ0) is 20.1. The number of phenols is 2. The number of benzene rings is 3. The number of rotatable bonds is 7. The Morgan fingerprint density at radius 3 is 2.07 bits per heavy atom. The summed E-state index contributed by atoms with van der Waals surface area (Å²) in [5, 5.41) is 21.2. The van der Waals surface area contributed by atoms with Crippen molar-refractivity contribution in [2.24, 2.45) is 0 Å². The van der Waals surface area contributed by atoms with Gasteiger partial charge < -0.3 is 24.4 Å². The summed E-state index contributed by atoms with van der Waals surface area (Å²) in [7, 11) is 3.06. The maximum absolute atomic E-state index is 10.9. The Kier molecular flexibility index (Phi) is 6.31. The lowest BCUT2D eigenvalue weighted by Crippen LogP contribution is -1.98. The Morgan fingerprint density at radius 1 is 0.857 bits per heavy atom. The number of hydrogen-bond acceptors (Lipinski definition) is 5. The number of alkyl halides is 1. The summed E-state index contributed by atoms with van der Waals surface area (Å²) in [4.78, 5) is 0. The molecule has 2 N–H and O–H groups in total. The SMILES string of the molecule is COc1cc(-c2ccc(OCCBr)cc2)c(OC)c(O)c1-c1ccc(O)cc1. The maximum Gasteiger partial charge on any atom is 0.170 e. The van der Waals surface area contributed by atoms with Crippen molar-refractivity contribution in [3.8, 4) is 51.0 Å². The molecule has 0 radical (unpaired) electrons. The summed E-state index contributed by atoms with van der Waals surface area (Å²) in [5.41, 5.74) is 2.76. The van der Waals surface area contributed by atoms with Gasteiger partial charge in [-0.25, -0.2) is 0 Å². The lowest BCUT2D eigenvalue weighted by molar-refractivity contribution is 0.345. The number of phenolic OH excluding ortho intramolecular Hbond substituents is 2. The van der Waals surface area contributed by atoms with Crippen LogP contribution in [-0.2, 0) is 0 Å². The normalized spacial score (nSPS) is 10.5. The second kappa shape index (κ2) is 8.89. The van der Waals surface area contributed by atoms with Gasteiger partial charge in [-0.1, -0.05) is 40.2 Å². The predicted molar refractivity (Wildman–Crippen MR) is 113 cm³/mol. The van der Waals surface area contributed by atoms with Crippen LogP contribution in [0.1, 0.15) is 0 Å². The van der Waals surface area contributed by atoms with E-state index in [4.69, 9.17) is 14.2 Å². The molecular formula is C22H21BrO5. The summed E-state index contributed by atoms with van der Waals surface area (Å²) >= 11 is 3.33. The number of halogens is 1. The highest BCUT2D eigenvalue weighted by Gasteiger charge is 2.21. The minimum Gasteiger partial charge on any atom is -0.508 e. The van der Waals surface area contributed by atoms with E-state index in [1.54, 1.807) is 31.4 Å². The summed E-state index contributed by atoms with van der Waals surface area (Å²) < 4.78 is 16.6. The first kappa shape index (κ1) is 19.9. The van der Waals surface area contributed by atoms with E-state index < -0.39 is 0 Å². The van der Waals surface area contributed by atoms with Crippen LogP contribution in [0.25, 0.3) is 22.3 Å². The van der Waals surface area contributed by atoms with Crippen LogP contribution < -0.4 is 14.2 Å². The highest BCUT2D eigenvalue weighted by molar-refractivity contribution is 9.09. The van der Waals surface area contributed by atoms with Crippen LogP contribution >= 0.6 is 15.9 Å². The van der Waals surface area contributed by atoms with Gasteiger partial charge in [0.15, 0.2) is 11.5 Å². The molecule has 5 nitrogen and oxygen atoms in total. The molecule has 0 aliphatic heterocycles. The zero-order valence-electron chi connectivity index (χ0n) is 15.6. The van der Waals surface area contributed by atoms with Gasteiger partial charge >= 0.3 is 0 Å². The van der Waals surface area contributed by atoms with Gasteiger partial charge in [0.25, 0.3) is 0 Å².